The maximum atomic E-state index is 13.1. The largest absolute Gasteiger partial charge is 0.369 e. The fraction of sp³-hybridized carbons (Fsp3) is 0.559. The monoisotopic (exact) mass is 605 g/mol. The number of nitrogens with one attached hydrogen (secondary N) is 1. The molecule has 3 fully saturated rings. The van der Waals surface area contributed by atoms with Gasteiger partial charge in [-0.3, -0.25) is 9.69 Å². The second-order valence-corrected chi connectivity index (χ2v) is 15.0. The topological polar surface area (TPSA) is 103 Å². The van der Waals surface area contributed by atoms with Crippen molar-refractivity contribution in [1.82, 2.24) is 19.1 Å². The van der Waals surface area contributed by atoms with Crippen molar-refractivity contribution in [3.63, 3.8) is 0 Å². The minimum atomic E-state index is -3.24. The Balaban J connectivity index is 1.19. The molecule has 1 amide bonds. The number of aromatic amines is 1. The van der Waals surface area contributed by atoms with Crippen molar-refractivity contribution in [2.24, 2.45) is 5.73 Å². The van der Waals surface area contributed by atoms with Crippen LogP contribution in [-0.4, -0.2) is 85.0 Å². The molecule has 4 heterocycles. The summed E-state index contributed by atoms with van der Waals surface area (Å²) in [6.45, 7) is 7.45. The summed E-state index contributed by atoms with van der Waals surface area (Å²) >= 11 is 0. The first kappa shape index (κ1) is 30.3. The van der Waals surface area contributed by atoms with Crippen molar-refractivity contribution < 1.29 is 13.2 Å². The summed E-state index contributed by atoms with van der Waals surface area (Å²) < 4.78 is 28.0. The molecule has 2 aromatic carbocycles. The Morgan fingerprint density at radius 1 is 0.884 bits per heavy atom. The first-order valence-electron chi connectivity index (χ1n) is 16.3. The van der Waals surface area contributed by atoms with E-state index in [1.807, 2.05) is 0 Å². The zero-order valence-electron chi connectivity index (χ0n) is 25.4. The summed E-state index contributed by atoms with van der Waals surface area (Å²) in [5, 5.41) is 1.11. The molecular weight excluding hydrogens is 558 g/mol. The number of fused-ring (bicyclic) bond motifs is 1. The van der Waals surface area contributed by atoms with Gasteiger partial charge in [0.1, 0.15) is 0 Å². The number of aromatic nitrogens is 1. The molecule has 0 spiro atoms. The first-order valence-corrected chi connectivity index (χ1v) is 17.9. The first-order chi connectivity index (χ1) is 20.9. The van der Waals surface area contributed by atoms with E-state index in [0.29, 0.717) is 19.5 Å². The van der Waals surface area contributed by atoms with Gasteiger partial charge in [0.25, 0.3) is 0 Å². The van der Waals surface area contributed by atoms with E-state index in [1.165, 1.54) is 43.2 Å². The SMILES string of the molecule is NC(=O)Cc1cc(-c2cccc(CN3CCCCC3)c2)cc2c(C3CCN(S(=O)(=O)CCCN4CCCC4)CC3)c[nH]c12. The van der Waals surface area contributed by atoms with Gasteiger partial charge in [0.2, 0.25) is 15.9 Å². The van der Waals surface area contributed by atoms with E-state index in [2.05, 4.69) is 57.4 Å². The van der Waals surface area contributed by atoms with Crippen LogP contribution in [0.4, 0.5) is 0 Å². The van der Waals surface area contributed by atoms with Gasteiger partial charge in [-0.05, 0) is 130 Å². The smallest absolute Gasteiger partial charge is 0.221 e. The third-order valence-electron chi connectivity index (χ3n) is 9.75. The van der Waals surface area contributed by atoms with Crippen molar-refractivity contribution >= 4 is 26.8 Å². The molecule has 3 aromatic rings. The number of hydrogen-bond acceptors (Lipinski definition) is 5. The molecule has 9 heteroatoms. The maximum Gasteiger partial charge on any atom is 0.221 e. The van der Waals surface area contributed by atoms with Crippen molar-refractivity contribution in [3.05, 3.63) is 59.3 Å². The Morgan fingerprint density at radius 2 is 1.60 bits per heavy atom. The zero-order chi connectivity index (χ0) is 29.8. The van der Waals surface area contributed by atoms with Crippen LogP contribution in [0.5, 0.6) is 0 Å². The standard InChI is InChI=1S/C34H47N5O3S/c35-33(40)23-30-21-29(28-9-6-8-26(20-28)25-38-14-2-1-3-15-38)22-31-32(24-36-34(30)31)27-10-17-39(18-11-27)43(41,42)19-7-16-37-12-4-5-13-37/h6,8-9,20-22,24,27,36H,1-5,7,10-19,23,25H2,(H2,35,40). The number of sulfonamides is 1. The highest BCUT2D eigenvalue weighted by Gasteiger charge is 2.30. The Bertz CT molecular complexity index is 1510. The maximum absolute atomic E-state index is 13.1. The van der Waals surface area contributed by atoms with Crippen LogP contribution in [-0.2, 0) is 27.8 Å². The third-order valence-corrected chi connectivity index (χ3v) is 11.7. The molecule has 232 valence electrons. The lowest BCUT2D eigenvalue weighted by Crippen LogP contribution is -2.39. The van der Waals surface area contributed by atoms with Crippen LogP contribution in [0, 0.1) is 0 Å². The fourth-order valence-electron chi connectivity index (χ4n) is 7.44. The van der Waals surface area contributed by atoms with Crippen LogP contribution >= 0.6 is 0 Å². The van der Waals surface area contributed by atoms with Crippen molar-refractivity contribution in [3.8, 4) is 11.1 Å². The van der Waals surface area contributed by atoms with Crippen molar-refractivity contribution in [1.29, 1.82) is 0 Å². The minimum absolute atomic E-state index is 0.172. The molecule has 43 heavy (non-hydrogen) atoms. The second kappa shape index (κ2) is 13.5. The average molecular weight is 606 g/mol. The molecule has 8 nitrogen and oxygen atoms in total. The van der Waals surface area contributed by atoms with Gasteiger partial charge in [0.15, 0.2) is 0 Å². The summed E-state index contributed by atoms with van der Waals surface area (Å²) in [5.74, 6) is 0.140. The number of piperidine rings is 2. The average Bonchev–Trinajstić information content (AvgIpc) is 3.68. The Kier molecular flexibility index (Phi) is 9.52. The van der Waals surface area contributed by atoms with Gasteiger partial charge in [-0.2, -0.15) is 0 Å². The molecule has 3 saturated heterocycles. The van der Waals surface area contributed by atoms with E-state index in [0.717, 1.165) is 79.7 Å². The highest BCUT2D eigenvalue weighted by molar-refractivity contribution is 7.89. The zero-order valence-corrected chi connectivity index (χ0v) is 26.2. The summed E-state index contributed by atoms with van der Waals surface area (Å²) in [4.78, 5) is 20.4. The molecule has 0 aliphatic carbocycles. The number of amides is 1. The molecule has 0 atom stereocenters. The third kappa shape index (κ3) is 7.33. The lowest BCUT2D eigenvalue weighted by atomic mass is 9.88. The number of benzene rings is 2. The molecule has 1 aromatic heterocycles. The fourth-order valence-corrected chi connectivity index (χ4v) is 8.95. The normalized spacial score (nSPS) is 19.8. The molecule has 0 bridgehead atoms. The van der Waals surface area contributed by atoms with Gasteiger partial charge in [-0.1, -0.05) is 24.6 Å². The van der Waals surface area contributed by atoms with Crippen LogP contribution in [0.25, 0.3) is 22.0 Å². The summed E-state index contributed by atoms with van der Waals surface area (Å²) in [6.07, 6.45) is 10.8. The van der Waals surface area contributed by atoms with Crippen LogP contribution in [0.1, 0.15) is 74.0 Å². The second-order valence-electron chi connectivity index (χ2n) is 12.9. The van der Waals surface area contributed by atoms with Gasteiger partial charge in [0, 0.05) is 36.7 Å². The van der Waals surface area contributed by atoms with E-state index in [-0.39, 0.29) is 24.0 Å². The highest BCUT2D eigenvalue weighted by atomic mass is 32.2. The van der Waals surface area contributed by atoms with E-state index in [1.54, 1.807) is 4.31 Å². The Hall–Kier alpha value is -2.72. The van der Waals surface area contributed by atoms with E-state index in [9.17, 15) is 13.2 Å². The van der Waals surface area contributed by atoms with Crippen molar-refractivity contribution in [2.75, 3.05) is 51.6 Å². The van der Waals surface area contributed by atoms with Crippen LogP contribution in [0.3, 0.4) is 0 Å². The van der Waals surface area contributed by atoms with E-state index in [4.69, 9.17) is 5.73 Å². The van der Waals surface area contributed by atoms with Gasteiger partial charge in [0.05, 0.1) is 12.2 Å². The number of carbonyl (C=O) groups excluding carboxylic acids is 1. The molecule has 3 N–H and O–H groups in total. The van der Waals surface area contributed by atoms with E-state index < -0.39 is 10.0 Å². The lowest BCUT2D eigenvalue weighted by molar-refractivity contribution is -0.117. The predicted molar refractivity (Wildman–Crippen MR) is 173 cm³/mol. The number of nitrogens with zero attached hydrogens (tertiary/aromatic N) is 3. The van der Waals surface area contributed by atoms with Crippen molar-refractivity contribution in [2.45, 2.75) is 70.3 Å². The predicted octanol–water partition coefficient (Wildman–Crippen LogP) is 4.84. The molecule has 0 saturated carbocycles. The van der Waals surface area contributed by atoms with E-state index >= 15 is 0 Å². The molecule has 0 unspecified atom stereocenters. The van der Waals surface area contributed by atoms with Crippen LogP contribution < -0.4 is 5.73 Å². The number of primary amides is 1. The number of hydrogen-bond donors (Lipinski definition) is 2. The Labute approximate surface area is 256 Å². The molecular formula is C34H47N5O3S. The van der Waals surface area contributed by atoms with Crippen LogP contribution in [0.15, 0.2) is 42.6 Å². The number of carbonyl (C=O) groups is 1. The number of H-pyrrole nitrogens is 1. The molecule has 3 aliphatic heterocycles. The van der Waals surface area contributed by atoms with Gasteiger partial charge < -0.3 is 15.6 Å². The van der Waals surface area contributed by atoms with Gasteiger partial charge in [-0.15, -0.1) is 0 Å². The number of nitrogens with two attached hydrogens (primary N) is 1. The summed E-state index contributed by atoms with van der Waals surface area (Å²) in [7, 11) is -3.24. The van der Waals surface area contributed by atoms with Crippen LogP contribution in [0.2, 0.25) is 0 Å². The number of likely N-dealkylation sites (tertiary alicyclic amines) is 2. The molecule has 6 rings (SSSR count). The Morgan fingerprint density at radius 3 is 2.35 bits per heavy atom. The molecule has 0 radical (unpaired) electrons. The highest BCUT2D eigenvalue weighted by Crippen LogP contribution is 2.37. The summed E-state index contributed by atoms with van der Waals surface area (Å²) in [6, 6.07) is 13.1. The minimum Gasteiger partial charge on any atom is -0.369 e. The van der Waals surface area contributed by atoms with Gasteiger partial charge in [-0.25, -0.2) is 12.7 Å². The summed E-state index contributed by atoms with van der Waals surface area (Å²) in [5.41, 5.74) is 12.3. The number of rotatable bonds is 11. The van der Waals surface area contributed by atoms with Gasteiger partial charge >= 0.3 is 0 Å². The molecule has 3 aliphatic rings. The lowest BCUT2D eigenvalue weighted by Gasteiger charge is -2.31. The quantitative estimate of drug-likeness (QED) is 0.326.